The molecule has 4 nitrogen and oxygen atoms in total. The van der Waals surface area contributed by atoms with Gasteiger partial charge in [-0.3, -0.25) is 0 Å². The van der Waals surface area contributed by atoms with E-state index in [1.54, 1.807) is 0 Å². The molecule has 2 rings (SSSR count). The van der Waals surface area contributed by atoms with Gasteiger partial charge in [-0.2, -0.15) is 0 Å². The molecule has 0 saturated heterocycles. The highest BCUT2D eigenvalue weighted by Gasteiger charge is 2.12. The fraction of sp³-hybridized carbons (Fsp3) is 0.235. The van der Waals surface area contributed by atoms with E-state index in [4.69, 9.17) is 10.9 Å². The van der Waals surface area contributed by atoms with Crippen molar-refractivity contribution in [1.82, 2.24) is 5.32 Å². The molecule has 1 atom stereocenters. The molecule has 4 heteroatoms. The maximum Gasteiger partial charge on any atom is 0.141 e. The lowest BCUT2D eigenvalue weighted by Crippen LogP contribution is -2.28. The van der Waals surface area contributed by atoms with Gasteiger partial charge >= 0.3 is 0 Å². The lowest BCUT2D eigenvalue weighted by Gasteiger charge is -2.18. The van der Waals surface area contributed by atoms with Crippen molar-refractivity contribution in [2.45, 2.75) is 18.9 Å². The van der Waals surface area contributed by atoms with Crippen molar-refractivity contribution < 1.29 is 5.21 Å². The lowest BCUT2D eigenvalue weighted by atomic mass is 10.0. The molecule has 0 heterocycles. The Morgan fingerprint density at radius 1 is 1.05 bits per heavy atom. The predicted molar refractivity (Wildman–Crippen MR) is 85.4 cm³/mol. The Kier molecular flexibility index (Phi) is 5.79. The molecule has 2 aromatic carbocycles. The second kappa shape index (κ2) is 8.07. The number of nitrogens with one attached hydrogen (secondary N) is 1. The minimum Gasteiger partial charge on any atom is -0.409 e. The molecule has 2 aromatic rings. The zero-order valence-electron chi connectivity index (χ0n) is 11.9. The molecule has 0 bridgehead atoms. The van der Waals surface area contributed by atoms with Gasteiger partial charge in [-0.1, -0.05) is 65.8 Å². The third-order valence-corrected chi connectivity index (χ3v) is 3.39. The molecule has 1 unspecified atom stereocenters. The van der Waals surface area contributed by atoms with Crippen molar-refractivity contribution in [2.24, 2.45) is 10.9 Å². The monoisotopic (exact) mass is 283 g/mol. The Balaban J connectivity index is 1.96. The highest BCUT2D eigenvalue weighted by atomic mass is 16.4. The first-order chi connectivity index (χ1) is 10.3. The highest BCUT2D eigenvalue weighted by Crippen LogP contribution is 2.16. The lowest BCUT2D eigenvalue weighted by molar-refractivity contribution is 0.315. The van der Waals surface area contributed by atoms with Gasteiger partial charge in [0.25, 0.3) is 0 Å². The van der Waals surface area contributed by atoms with Gasteiger partial charge in [-0.15, -0.1) is 0 Å². The summed E-state index contributed by atoms with van der Waals surface area (Å²) < 4.78 is 0. The average molecular weight is 283 g/mol. The number of benzene rings is 2. The number of hydrogen-bond donors (Lipinski definition) is 3. The van der Waals surface area contributed by atoms with Gasteiger partial charge < -0.3 is 16.3 Å². The molecule has 0 aliphatic carbocycles. The Bertz CT molecular complexity index is 555. The predicted octanol–water partition coefficient (Wildman–Crippen LogP) is 2.70. The van der Waals surface area contributed by atoms with E-state index in [1.807, 2.05) is 48.5 Å². The smallest absolute Gasteiger partial charge is 0.141 e. The van der Waals surface area contributed by atoms with Crippen LogP contribution < -0.4 is 11.1 Å². The van der Waals surface area contributed by atoms with Crippen molar-refractivity contribution >= 4 is 5.84 Å². The summed E-state index contributed by atoms with van der Waals surface area (Å²) in [4.78, 5) is 0. The normalized spacial score (nSPS) is 13.0. The zero-order chi connectivity index (χ0) is 14.9. The largest absolute Gasteiger partial charge is 0.409 e. The van der Waals surface area contributed by atoms with Crippen LogP contribution in [0.3, 0.4) is 0 Å². The third kappa shape index (κ3) is 4.93. The fourth-order valence-corrected chi connectivity index (χ4v) is 2.28. The summed E-state index contributed by atoms with van der Waals surface area (Å²) in [5.41, 5.74) is 8.08. The topological polar surface area (TPSA) is 70.6 Å². The third-order valence-electron chi connectivity index (χ3n) is 3.39. The van der Waals surface area contributed by atoms with E-state index in [1.165, 1.54) is 5.56 Å². The van der Waals surface area contributed by atoms with Crippen LogP contribution in [-0.4, -0.2) is 17.6 Å². The van der Waals surface area contributed by atoms with Crippen molar-refractivity contribution in [1.29, 1.82) is 0 Å². The van der Waals surface area contributed by atoms with Gasteiger partial charge in [-0.25, -0.2) is 0 Å². The average Bonchev–Trinajstić information content (AvgIpc) is 2.55. The molecule has 0 amide bonds. The van der Waals surface area contributed by atoms with Crippen LogP contribution in [0.25, 0.3) is 0 Å². The molecule has 4 N–H and O–H groups in total. The van der Waals surface area contributed by atoms with Gasteiger partial charge in [0.2, 0.25) is 0 Å². The van der Waals surface area contributed by atoms with Gasteiger partial charge in [0.15, 0.2) is 0 Å². The Hall–Kier alpha value is -2.33. The summed E-state index contributed by atoms with van der Waals surface area (Å²) in [6.07, 6.45) is 1.43. The maximum atomic E-state index is 8.77. The molecule has 0 saturated carbocycles. The molecule has 0 aromatic heterocycles. The molecule has 0 aliphatic rings. The summed E-state index contributed by atoms with van der Waals surface area (Å²) in [6, 6.07) is 20.4. The zero-order valence-corrected chi connectivity index (χ0v) is 11.9. The van der Waals surface area contributed by atoms with Crippen molar-refractivity contribution in [3.8, 4) is 0 Å². The van der Waals surface area contributed by atoms with Gasteiger partial charge in [0, 0.05) is 12.5 Å². The van der Waals surface area contributed by atoms with Crippen LogP contribution in [0.1, 0.15) is 23.6 Å². The summed E-state index contributed by atoms with van der Waals surface area (Å²) in [6.45, 7) is 0.836. The van der Waals surface area contributed by atoms with E-state index < -0.39 is 0 Å². The molecule has 0 fully saturated rings. The number of nitrogens with two attached hydrogens (primary N) is 1. The second-order valence-electron chi connectivity index (χ2n) is 4.95. The second-order valence-corrected chi connectivity index (χ2v) is 4.95. The summed E-state index contributed by atoms with van der Waals surface area (Å²) >= 11 is 0. The first-order valence-corrected chi connectivity index (χ1v) is 7.08. The molecule has 0 radical (unpaired) electrons. The van der Waals surface area contributed by atoms with E-state index in [0.717, 1.165) is 18.5 Å². The van der Waals surface area contributed by atoms with Crippen LogP contribution in [-0.2, 0) is 6.42 Å². The Morgan fingerprint density at radius 2 is 1.67 bits per heavy atom. The Labute approximate surface area is 125 Å². The number of nitrogens with zero attached hydrogens (tertiary/aromatic N) is 1. The molecule has 110 valence electrons. The van der Waals surface area contributed by atoms with E-state index >= 15 is 0 Å². The van der Waals surface area contributed by atoms with Crippen molar-refractivity contribution in [3.05, 3.63) is 71.8 Å². The van der Waals surface area contributed by atoms with Crippen molar-refractivity contribution in [3.63, 3.8) is 0 Å². The van der Waals surface area contributed by atoms with Crippen LogP contribution in [0.2, 0.25) is 0 Å². The van der Waals surface area contributed by atoms with E-state index in [-0.39, 0.29) is 11.9 Å². The van der Waals surface area contributed by atoms with Crippen LogP contribution in [0, 0.1) is 0 Å². The highest BCUT2D eigenvalue weighted by molar-refractivity contribution is 5.80. The summed E-state index contributed by atoms with van der Waals surface area (Å²) in [5.74, 6) is 0.232. The van der Waals surface area contributed by atoms with Crippen LogP contribution in [0.4, 0.5) is 0 Å². The maximum absolute atomic E-state index is 8.77. The number of rotatable bonds is 7. The molecule has 21 heavy (non-hydrogen) atoms. The SMILES string of the molecule is NC(CC(NCCc1ccccc1)c1ccccc1)=NO. The first-order valence-electron chi connectivity index (χ1n) is 7.08. The first kappa shape index (κ1) is 15.1. The minimum atomic E-state index is 0.0470. The summed E-state index contributed by atoms with van der Waals surface area (Å²) in [5, 5.41) is 15.3. The van der Waals surface area contributed by atoms with E-state index in [2.05, 4.69) is 22.6 Å². The van der Waals surface area contributed by atoms with Crippen LogP contribution >= 0.6 is 0 Å². The standard InChI is InChI=1S/C17H21N3O/c18-17(20-21)13-16(15-9-5-2-6-10-15)19-12-11-14-7-3-1-4-8-14/h1-10,16,19,21H,11-13H2,(H2,18,20). The Morgan fingerprint density at radius 3 is 2.29 bits per heavy atom. The van der Waals surface area contributed by atoms with E-state index in [9.17, 15) is 0 Å². The van der Waals surface area contributed by atoms with Crippen LogP contribution in [0.15, 0.2) is 65.8 Å². The van der Waals surface area contributed by atoms with Crippen LogP contribution in [0.5, 0.6) is 0 Å². The van der Waals surface area contributed by atoms with Gasteiger partial charge in [-0.05, 0) is 24.1 Å². The fourth-order valence-electron chi connectivity index (χ4n) is 2.28. The number of hydrogen-bond acceptors (Lipinski definition) is 3. The number of oxime groups is 1. The van der Waals surface area contributed by atoms with E-state index in [0.29, 0.717) is 6.42 Å². The molecular weight excluding hydrogens is 262 g/mol. The molecule has 0 spiro atoms. The summed E-state index contributed by atoms with van der Waals surface area (Å²) in [7, 11) is 0. The van der Waals surface area contributed by atoms with Gasteiger partial charge in [0.1, 0.15) is 5.84 Å². The van der Waals surface area contributed by atoms with Crippen molar-refractivity contribution in [2.75, 3.05) is 6.54 Å². The molecular formula is C17H21N3O. The quantitative estimate of drug-likeness (QED) is 0.317. The minimum absolute atomic E-state index is 0.0470. The van der Waals surface area contributed by atoms with Gasteiger partial charge in [0.05, 0.1) is 0 Å². The number of amidine groups is 1. The molecule has 0 aliphatic heterocycles.